The van der Waals surface area contributed by atoms with E-state index in [9.17, 15) is 13.2 Å². The normalized spacial score (nSPS) is 13.2. The Balaban J connectivity index is 2.37. The van der Waals surface area contributed by atoms with E-state index in [1.54, 1.807) is 12.1 Å². The maximum absolute atomic E-state index is 13.0. The van der Waals surface area contributed by atoms with Crippen molar-refractivity contribution in [1.82, 2.24) is 15.3 Å². The van der Waals surface area contributed by atoms with Crippen molar-refractivity contribution in [2.24, 2.45) is 0 Å². The number of amides is 1. The Morgan fingerprint density at radius 2 is 1.93 bits per heavy atom. The molecule has 1 atom stereocenters. The second kappa shape index (κ2) is 10.1. The van der Waals surface area contributed by atoms with Gasteiger partial charge >= 0.3 is 0 Å². The molecule has 1 N–H and O–H groups in total. The van der Waals surface area contributed by atoms with Gasteiger partial charge in [0, 0.05) is 29.0 Å². The third-order valence-electron chi connectivity index (χ3n) is 3.85. The third-order valence-corrected chi connectivity index (χ3v) is 5.19. The highest BCUT2D eigenvalue weighted by molar-refractivity contribution is 7.98. The van der Waals surface area contributed by atoms with Gasteiger partial charge in [0.15, 0.2) is 9.84 Å². The van der Waals surface area contributed by atoms with Gasteiger partial charge in [0.1, 0.15) is 17.1 Å². The summed E-state index contributed by atoms with van der Waals surface area (Å²) in [5, 5.41) is 3.91. The van der Waals surface area contributed by atoms with E-state index < -0.39 is 21.8 Å². The smallest absolute Gasteiger partial charge is 0.258 e. The largest absolute Gasteiger partial charge is 0.438 e. The average molecular weight is 450 g/mol. The molecule has 2 aromatic rings. The summed E-state index contributed by atoms with van der Waals surface area (Å²) < 4.78 is 28.8. The van der Waals surface area contributed by atoms with Crippen LogP contribution < -0.4 is 10.1 Å². The lowest BCUT2D eigenvalue weighted by atomic mass is 9.95. The number of aromatic nitrogens is 2. The molecule has 1 unspecified atom stereocenters. The van der Waals surface area contributed by atoms with Crippen molar-refractivity contribution in [3.05, 3.63) is 59.4 Å². The van der Waals surface area contributed by atoms with Crippen molar-refractivity contribution < 1.29 is 17.9 Å². The number of sulfone groups is 1. The van der Waals surface area contributed by atoms with Crippen LogP contribution in [0.15, 0.2) is 48.0 Å². The van der Waals surface area contributed by atoms with Crippen LogP contribution in [0.1, 0.15) is 37.0 Å². The van der Waals surface area contributed by atoms with Crippen molar-refractivity contribution in [1.29, 1.82) is 0 Å². The molecule has 0 aliphatic heterocycles. The highest BCUT2D eigenvalue weighted by Gasteiger charge is 2.24. The summed E-state index contributed by atoms with van der Waals surface area (Å²) in [5.41, 5.74) is -0.158. The first kappa shape index (κ1) is 23.9. The Bertz CT molecular complexity index is 1000. The lowest BCUT2D eigenvalue weighted by molar-refractivity contribution is 0.0944. The zero-order valence-corrected chi connectivity index (χ0v) is 19.4. The van der Waals surface area contributed by atoms with Crippen LogP contribution in [0.25, 0.3) is 0 Å². The lowest BCUT2D eigenvalue weighted by Gasteiger charge is -2.19. The quantitative estimate of drug-likeness (QED) is 0.657. The predicted octanol–water partition coefficient (Wildman–Crippen LogP) is 3.59. The Morgan fingerprint density at radius 1 is 1.27 bits per heavy atom. The number of para-hydroxylation sites is 1. The Morgan fingerprint density at radius 3 is 2.50 bits per heavy atom. The number of carbonyl (C=O) groups excluding carboxylic acids is 1. The lowest BCUT2D eigenvalue weighted by Crippen LogP contribution is -2.36. The van der Waals surface area contributed by atoms with Gasteiger partial charge in [-0.05, 0) is 18.4 Å². The zero-order chi connectivity index (χ0) is 22.4. The minimum atomic E-state index is -3.30. The number of nitrogens with one attached hydrogen (secondary N) is 1. The second-order valence-corrected chi connectivity index (χ2v) is 10.6. The van der Waals surface area contributed by atoms with E-state index in [2.05, 4.69) is 15.3 Å². The first-order valence-electron chi connectivity index (χ1n) is 9.28. The molecular weight excluding hydrogens is 422 g/mol. The van der Waals surface area contributed by atoms with Crippen molar-refractivity contribution >= 4 is 27.5 Å². The third kappa shape index (κ3) is 7.46. The minimum Gasteiger partial charge on any atom is -0.438 e. The fourth-order valence-corrected chi connectivity index (χ4v) is 3.40. The second-order valence-electron chi connectivity index (χ2n) is 7.77. The molecule has 9 heteroatoms. The van der Waals surface area contributed by atoms with Gasteiger partial charge in [-0.3, -0.25) is 4.79 Å². The van der Waals surface area contributed by atoms with E-state index in [4.69, 9.17) is 4.74 Å². The van der Waals surface area contributed by atoms with Crippen LogP contribution in [-0.4, -0.2) is 48.6 Å². The molecule has 2 rings (SSSR count). The molecule has 0 aliphatic carbocycles. The van der Waals surface area contributed by atoms with Crippen LogP contribution >= 0.6 is 11.8 Å². The number of ether oxygens (including phenoxy) is 1. The monoisotopic (exact) mass is 449 g/mol. The van der Waals surface area contributed by atoms with Crippen molar-refractivity contribution in [2.45, 2.75) is 32.2 Å². The fourth-order valence-electron chi connectivity index (χ4n) is 2.37. The van der Waals surface area contributed by atoms with Gasteiger partial charge in [-0.15, -0.1) is 0 Å². The molecule has 0 fully saturated rings. The first-order valence-corrected chi connectivity index (χ1v) is 12.6. The van der Waals surface area contributed by atoms with E-state index in [1.165, 1.54) is 24.0 Å². The molecule has 1 aromatic carbocycles. The maximum atomic E-state index is 13.0. The number of thioether (sulfide) groups is 1. The zero-order valence-electron chi connectivity index (χ0n) is 17.7. The molecule has 30 heavy (non-hydrogen) atoms. The van der Waals surface area contributed by atoms with Gasteiger partial charge in [0.2, 0.25) is 5.88 Å². The van der Waals surface area contributed by atoms with Crippen molar-refractivity contribution in [2.75, 3.05) is 18.3 Å². The Labute approximate surface area is 182 Å². The summed E-state index contributed by atoms with van der Waals surface area (Å²) in [6.45, 7) is 5.91. The first-order chi connectivity index (χ1) is 14.0. The Hall–Kier alpha value is -2.39. The molecule has 162 valence electrons. The number of carbonyl (C=O) groups is 1. The predicted molar refractivity (Wildman–Crippen MR) is 121 cm³/mol. The molecule has 1 heterocycles. The van der Waals surface area contributed by atoms with Crippen LogP contribution in [0, 0.1) is 0 Å². The van der Waals surface area contributed by atoms with Gasteiger partial charge in [0.05, 0.1) is 6.04 Å². The molecule has 7 nitrogen and oxygen atoms in total. The summed E-state index contributed by atoms with van der Waals surface area (Å²) >= 11 is 1.49. The van der Waals surface area contributed by atoms with Gasteiger partial charge < -0.3 is 10.1 Å². The average Bonchev–Trinajstić information content (AvgIpc) is 2.65. The van der Waals surface area contributed by atoms with E-state index in [0.29, 0.717) is 17.3 Å². The van der Waals surface area contributed by atoms with E-state index in [-0.39, 0.29) is 16.9 Å². The highest BCUT2D eigenvalue weighted by Crippen LogP contribution is 2.26. The number of rotatable bonds is 8. The number of hydrogen-bond acceptors (Lipinski definition) is 7. The fraction of sp³-hybridized carbons (Fsp3) is 0.381. The molecule has 0 saturated heterocycles. The molecule has 1 amide bonds. The Kier molecular flexibility index (Phi) is 8.03. The van der Waals surface area contributed by atoms with Crippen LogP contribution in [0.3, 0.4) is 0 Å². The van der Waals surface area contributed by atoms with Gasteiger partial charge in [0.25, 0.3) is 5.91 Å². The standard InChI is InChI=1S/C21H27N3O4S2/c1-21(2,3)20-22-13-17(19(24-20)28-16-9-7-6-8-10-16)18(25)23-15(14-29-4)11-12-30(5,26)27/h6-13,15H,14H2,1-5H3,(H,23,25)/b12-11+. The topological polar surface area (TPSA) is 98.2 Å². The van der Waals surface area contributed by atoms with E-state index in [0.717, 1.165) is 11.7 Å². The molecule has 0 aliphatic rings. The minimum absolute atomic E-state index is 0.147. The molecule has 0 spiro atoms. The summed E-state index contributed by atoms with van der Waals surface area (Å²) in [6, 6.07) is 8.57. The van der Waals surface area contributed by atoms with Crippen LogP contribution in [-0.2, 0) is 15.3 Å². The van der Waals surface area contributed by atoms with Gasteiger partial charge in [-0.2, -0.15) is 16.7 Å². The summed E-state index contributed by atoms with van der Waals surface area (Å²) in [7, 11) is -3.30. The van der Waals surface area contributed by atoms with Crippen molar-refractivity contribution in [3.8, 4) is 11.6 Å². The summed E-state index contributed by atoms with van der Waals surface area (Å²) in [5.74, 6) is 1.30. The van der Waals surface area contributed by atoms with Crippen molar-refractivity contribution in [3.63, 3.8) is 0 Å². The molecule has 0 radical (unpaired) electrons. The summed E-state index contributed by atoms with van der Waals surface area (Å²) in [6.07, 6.45) is 5.88. The molecule has 0 bridgehead atoms. The van der Waals surface area contributed by atoms with E-state index in [1.807, 2.05) is 45.2 Å². The van der Waals surface area contributed by atoms with Gasteiger partial charge in [-0.25, -0.2) is 13.4 Å². The maximum Gasteiger partial charge on any atom is 0.258 e. The molecule has 1 aromatic heterocycles. The number of hydrogen-bond donors (Lipinski definition) is 1. The molecular formula is C21H27N3O4S2. The summed E-state index contributed by atoms with van der Waals surface area (Å²) in [4.78, 5) is 21.8. The van der Waals surface area contributed by atoms with Crippen LogP contribution in [0.4, 0.5) is 0 Å². The van der Waals surface area contributed by atoms with Gasteiger partial charge in [-0.1, -0.05) is 45.0 Å². The molecule has 0 saturated carbocycles. The van der Waals surface area contributed by atoms with E-state index >= 15 is 0 Å². The number of benzene rings is 1. The van der Waals surface area contributed by atoms with Crippen LogP contribution in [0.5, 0.6) is 11.6 Å². The van der Waals surface area contributed by atoms with Crippen LogP contribution in [0.2, 0.25) is 0 Å². The number of nitrogens with zero attached hydrogens (tertiary/aromatic N) is 2. The SMILES string of the molecule is CSCC(/C=C/S(C)(=O)=O)NC(=O)c1cnc(C(C)(C)C)nc1Oc1ccccc1. The highest BCUT2D eigenvalue weighted by atomic mass is 32.2.